The van der Waals surface area contributed by atoms with Crippen LogP contribution in [0.15, 0.2) is 43.0 Å². The number of benzene rings is 1. The van der Waals surface area contributed by atoms with Gasteiger partial charge in [-0.2, -0.15) is 0 Å². The van der Waals surface area contributed by atoms with E-state index in [1.54, 1.807) is 12.5 Å². The minimum Gasteiger partial charge on any atom is -0.343 e. The maximum absolute atomic E-state index is 12.6. The molecule has 3 rings (SSSR count). The zero-order valence-electron chi connectivity index (χ0n) is 11.7. The first kappa shape index (κ1) is 12.9. The second-order valence-corrected chi connectivity index (χ2v) is 5.35. The van der Waals surface area contributed by atoms with Gasteiger partial charge in [0.1, 0.15) is 0 Å². The van der Waals surface area contributed by atoms with Crippen molar-refractivity contribution in [2.45, 2.75) is 25.3 Å². The summed E-state index contributed by atoms with van der Waals surface area (Å²) in [6.07, 6.45) is 7.41. The molecular weight excluding hydrogens is 250 g/mol. The van der Waals surface area contributed by atoms with Crippen LogP contribution in [-0.2, 0) is 17.8 Å². The van der Waals surface area contributed by atoms with Crippen LogP contribution in [0.25, 0.3) is 0 Å². The number of carbonyl (C=O) groups excluding carboxylic acids is 1. The fraction of sp³-hybridized carbons (Fsp3) is 0.375. The molecule has 1 aliphatic carbocycles. The van der Waals surface area contributed by atoms with E-state index in [1.807, 2.05) is 28.8 Å². The number of aromatic nitrogens is 2. The fourth-order valence-electron chi connectivity index (χ4n) is 2.87. The van der Waals surface area contributed by atoms with Gasteiger partial charge in [-0.25, -0.2) is 4.98 Å². The number of fused-ring (bicyclic) bond motifs is 1. The highest BCUT2D eigenvalue weighted by molar-refractivity contribution is 5.84. The largest absolute Gasteiger partial charge is 0.343 e. The molecule has 0 bridgehead atoms. The van der Waals surface area contributed by atoms with Crippen molar-refractivity contribution in [3.05, 3.63) is 54.1 Å². The van der Waals surface area contributed by atoms with Gasteiger partial charge in [0.15, 0.2) is 0 Å². The van der Waals surface area contributed by atoms with Crippen molar-refractivity contribution in [3.8, 4) is 0 Å². The van der Waals surface area contributed by atoms with Crippen LogP contribution in [0.4, 0.5) is 0 Å². The molecule has 1 atom stereocenters. The van der Waals surface area contributed by atoms with Crippen LogP contribution < -0.4 is 0 Å². The number of hydrogen-bond donors (Lipinski definition) is 0. The maximum atomic E-state index is 12.6. The average molecular weight is 269 g/mol. The molecule has 4 nitrogen and oxygen atoms in total. The van der Waals surface area contributed by atoms with Crippen LogP contribution in [0, 0.1) is 0 Å². The molecule has 1 aromatic carbocycles. The number of amides is 1. The van der Waals surface area contributed by atoms with Gasteiger partial charge in [-0.05, 0) is 24.0 Å². The molecular formula is C16H19N3O. The normalized spacial score (nSPS) is 16.9. The van der Waals surface area contributed by atoms with Gasteiger partial charge < -0.3 is 9.47 Å². The first-order valence-corrected chi connectivity index (χ1v) is 7.04. The molecule has 0 radical (unpaired) electrons. The van der Waals surface area contributed by atoms with Crippen LogP contribution in [0.5, 0.6) is 0 Å². The molecule has 0 spiro atoms. The quantitative estimate of drug-likeness (QED) is 0.852. The summed E-state index contributed by atoms with van der Waals surface area (Å²) in [5, 5.41) is 0. The highest BCUT2D eigenvalue weighted by Crippen LogP contribution is 2.33. The number of rotatable bonds is 4. The van der Waals surface area contributed by atoms with Gasteiger partial charge in [-0.1, -0.05) is 24.3 Å². The molecule has 0 fully saturated rings. The van der Waals surface area contributed by atoms with Gasteiger partial charge >= 0.3 is 0 Å². The number of carbonyl (C=O) groups is 1. The molecule has 1 aliphatic rings. The minimum absolute atomic E-state index is 0.0407. The predicted octanol–water partition coefficient (Wildman–Crippen LogP) is 2.07. The summed E-state index contributed by atoms with van der Waals surface area (Å²) in [5.41, 5.74) is 2.54. The topological polar surface area (TPSA) is 38.1 Å². The molecule has 1 heterocycles. The van der Waals surface area contributed by atoms with Gasteiger partial charge in [0.05, 0.1) is 12.2 Å². The van der Waals surface area contributed by atoms with E-state index in [2.05, 4.69) is 23.2 Å². The van der Waals surface area contributed by atoms with E-state index in [9.17, 15) is 4.79 Å². The zero-order chi connectivity index (χ0) is 13.9. The van der Waals surface area contributed by atoms with E-state index in [4.69, 9.17) is 0 Å². The SMILES string of the molecule is CN(CCn1ccnc1)C(=O)[C@@H]1CCc2ccccc21. The zero-order valence-corrected chi connectivity index (χ0v) is 11.7. The average Bonchev–Trinajstić information content (AvgIpc) is 3.13. The van der Waals surface area contributed by atoms with Crippen molar-refractivity contribution in [3.63, 3.8) is 0 Å². The van der Waals surface area contributed by atoms with E-state index >= 15 is 0 Å². The third-order valence-electron chi connectivity index (χ3n) is 4.06. The molecule has 104 valence electrons. The Morgan fingerprint density at radius 2 is 2.30 bits per heavy atom. The Balaban J connectivity index is 1.64. The Labute approximate surface area is 119 Å². The van der Waals surface area contributed by atoms with E-state index in [0.717, 1.165) is 19.4 Å². The lowest BCUT2D eigenvalue weighted by Crippen LogP contribution is -2.33. The summed E-state index contributed by atoms with van der Waals surface area (Å²) in [7, 11) is 1.89. The molecule has 4 heteroatoms. The van der Waals surface area contributed by atoms with Gasteiger partial charge in [0.2, 0.25) is 5.91 Å². The standard InChI is InChI=1S/C16H19N3O/c1-18(10-11-19-9-8-17-12-19)16(20)15-7-6-13-4-2-3-5-14(13)15/h2-5,8-9,12,15H,6-7,10-11H2,1H3/t15-/m1/s1. The second-order valence-electron chi connectivity index (χ2n) is 5.35. The Bertz CT molecular complexity index is 592. The number of aryl methyl sites for hydroxylation is 1. The number of hydrogen-bond acceptors (Lipinski definition) is 2. The summed E-state index contributed by atoms with van der Waals surface area (Å²) in [6.45, 7) is 1.50. The summed E-state index contributed by atoms with van der Waals surface area (Å²) in [6, 6.07) is 8.30. The highest BCUT2D eigenvalue weighted by Gasteiger charge is 2.29. The second kappa shape index (κ2) is 5.49. The molecule has 1 aromatic heterocycles. The third-order valence-corrected chi connectivity index (χ3v) is 4.06. The number of likely N-dealkylation sites (N-methyl/N-ethyl adjacent to an activating group) is 1. The smallest absolute Gasteiger partial charge is 0.229 e. The molecule has 0 saturated carbocycles. The maximum Gasteiger partial charge on any atom is 0.229 e. The number of nitrogens with zero attached hydrogens (tertiary/aromatic N) is 3. The monoisotopic (exact) mass is 269 g/mol. The summed E-state index contributed by atoms with van der Waals surface area (Å²) in [5.74, 6) is 0.272. The van der Waals surface area contributed by atoms with E-state index in [1.165, 1.54) is 11.1 Å². The van der Waals surface area contributed by atoms with Gasteiger partial charge in [-0.3, -0.25) is 4.79 Å². The van der Waals surface area contributed by atoms with Crippen LogP contribution in [0.2, 0.25) is 0 Å². The first-order valence-electron chi connectivity index (χ1n) is 7.04. The number of imidazole rings is 1. The van der Waals surface area contributed by atoms with Crippen molar-refractivity contribution in [1.29, 1.82) is 0 Å². The van der Waals surface area contributed by atoms with Crippen LogP contribution in [-0.4, -0.2) is 34.0 Å². The Morgan fingerprint density at radius 3 is 3.10 bits per heavy atom. The van der Waals surface area contributed by atoms with Crippen LogP contribution >= 0.6 is 0 Å². The minimum atomic E-state index is 0.0407. The Morgan fingerprint density at radius 1 is 1.45 bits per heavy atom. The van der Waals surface area contributed by atoms with E-state index < -0.39 is 0 Å². The lowest BCUT2D eigenvalue weighted by atomic mass is 10.00. The fourth-order valence-corrected chi connectivity index (χ4v) is 2.87. The third kappa shape index (κ3) is 2.46. The lowest BCUT2D eigenvalue weighted by Gasteiger charge is -2.21. The molecule has 0 saturated heterocycles. The molecule has 0 unspecified atom stereocenters. The first-order chi connectivity index (χ1) is 9.75. The Hall–Kier alpha value is -2.10. The van der Waals surface area contributed by atoms with Crippen LogP contribution in [0.1, 0.15) is 23.5 Å². The summed E-state index contributed by atoms with van der Waals surface area (Å²) in [4.78, 5) is 18.4. The van der Waals surface area contributed by atoms with E-state index in [-0.39, 0.29) is 11.8 Å². The van der Waals surface area contributed by atoms with Crippen molar-refractivity contribution >= 4 is 5.91 Å². The van der Waals surface area contributed by atoms with Crippen molar-refractivity contribution in [2.75, 3.05) is 13.6 Å². The molecule has 1 amide bonds. The van der Waals surface area contributed by atoms with Crippen molar-refractivity contribution in [2.24, 2.45) is 0 Å². The summed E-state index contributed by atoms with van der Waals surface area (Å²) >= 11 is 0. The molecule has 0 N–H and O–H groups in total. The van der Waals surface area contributed by atoms with E-state index in [0.29, 0.717) is 6.54 Å². The Kier molecular flexibility index (Phi) is 3.54. The summed E-state index contributed by atoms with van der Waals surface area (Å²) < 4.78 is 1.99. The van der Waals surface area contributed by atoms with Crippen molar-refractivity contribution in [1.82, 2.24) is 14.5 Å². The van der Waals surface area contributed by atoms with Gasteiger partial charge in [0.25, 0.3) is 0 Å². The van der Waals surface area contributed by atoms with Gasteiger partial charge in [0, 0.05) is 32.5 Å². The highest BCUT2D eigenvalue weighted by atomic mass is 16.2. The lowest BCUT2D eigenvalue weighted by molar-refractivity contribution is -0.131. The van der Waals surface area contributed by atoms with Crippen molar-refractivity contribution < 1.29 is 4.79 Å². The molecule has 2 aromatic rings. The van der Waals surface area contributed by atoms with Gasteiger partial charge in [-0.15, -0.1) is 0 Å². The predicted molar refractivity (Wildman–Crippen MR) is 77.4 cm³/mol. The van der Waals surface area contributed by atoms with Crippen LogP contribution in [0.3, 0.4) is 0 Å². The molecule has 20 heavy (non-hydrogen) atoms. The molecule has 0 aliphatic heterocycles.